The lowest BCUT2D eigenvalue weighted by atomic mass is 10.3. The molecule has 2 rings (SSSR count). The first-order chi connectivity index (χ1) is 9.49. The maximum absolute atomic E-state index is 12.0. The van der Waals surface area contributed by atoms with Crippen LogP contribution in [0.25, 0.3) is 0 Å². The molecule has 0 bridgehead atoms. The predicted molar refractivity (Wildman–Crippen MR) is 78.2 cm³/mol. The SMILES string of the molecule is Cc1ncc(S(=O)(=O)NCCN(C)c2ccccc2)[nH]1. The predicted octanol–water partition coefficient (Wildman–Crippen LogP) is 1.13. The highest BCUT2D eigenvalue weighted by Gasteiger charge is 2.15. The number of aryl methyl sites for hydroxylation is 1. The van der Waals surface area contributed by atoms with Crippen LogP contribution in [0.5, 0.6) is 0 Å². The second kappa shape index (κ2) is 6.06. The van der Waals surface area contributed by atoms with Crippen LogP contribution in [0.2, 0.25) is 0 Å². The Labute approximate surface area is 118 Å². The van der Waals surface area contributed by atoms with Crippen LogP contribution in [0, 0.1) is 6.92 Å². The second-order valence-corrected chi connectivity index (χ2v) is 6.22. The number of likely N-dealkylation sites (N-methyl/N-ethyl adjacent to an activating group) is 1. The van der Waals surface area contributed by atoms with Crippen LogP contribution in [0.4, 0.5) is 5.69 Å². The van der Waals surface area contributed by atoms with Crippen molar-refractivity contribution in [3.8, 4) is 0 Å². The van der Waals surface area contributed by atoms with Crippen LogP contribution >= 0.6 is 0 Å². The average molecular weight is 294 g/mol. The number of nitrogens with one attached hydrogen (secondary N) is 2. The van der Waals surface area contributed by atoms with Crippen LogP contribution < -0.4 is 9.62 Å². The van der Waals surface area contributed by atoms with Gasteiger partial charge in [-0.3, -0.25) is 0 Å². The molecule has 0 saturated heterocycles. The number of para-hydroxylation sites is 1. The van der Waals surface area contributed by atoms with Crippen molar-refractivity contribution in [3.63, 3.8) is 0 Å². The summed E-state index contributed by atoms with van der Waals surface area (Å²) in [5.41, 5.74) is 1.05. The summed E-state index contributed by atoms with van der Waals surface area (Å²) in [6.45, 7) is 2.62. The molecule has 108 valence electrons. The Kier molecular flexibility index (Phi) is 4.41. The first-order valence-electron chi connectivity index (χ1n) is 6.26. The minimum absolute atomic E-state index is 0.0948. The molecule has 0 spiro atoms. The Morgan fingerprint density at radius 2 is 2.00 bits per heavy atom. The Balaban J connectivity index is 1.90. The molecule has 0 radical (unpaired) electrons. The fraction of sp³-hybridized carbons (Fsp3) is 0.308. The summed E-state index contributed by atoms with van der Waals surface area (Å²) in [6.07, 6.45) is 1.32. The zero-order valence-electron chi connectivity index (χ0n) is 11.5. The van der Waals surface area contributed by atoms with Gasteiger partial charge in [-0.15, -0.1) is 0 Å². The molecule has 2 aromatic rings. The van der Waals surface area contributed by atoms with Gasteiger partial charge < -0.3 is 9.88 Å². The molecule has 0 aliphatic heterocycles. The summed E-state index contributed by atoms with van der Waals surface area (Å²) < 4.78 is 26.5. The highest BCUT2D eigenvalue weighted by Crippen LogP contribution is 2.10. The van der Waals surface area contributed by atoms with Crippen molar-refractivity contribution in [1.29, 1.82) is 0 Å². The number of hydrogen-bond acceptors (Lipinski definition) is 4. The summed E-state index contributed by atoms with van der Waals surface area (Å²) in [4.78, 5) is 8.59. The summed E-state index contributed by atoms with van der Waals surface area (Å²) in [7, 11) is -1.59. The van der Waals surface area contributed by atoms with E-state index in [0.717, 1.165) is 5.69 Å². The van der Waals surface area contributed by atoms with Crippen LogP contribution in [0.1, 0.15) is 5.82 Å². The van der Waals surface area contributed by atoms with Crippen LogP contribution in [-0.2, 0) is 10.0 Å². The molecule has 6 nitrogen and oxygen atoms in total. The van der Waals surface area contributed by atoms with E-state index in [1.54, 1.807) is 6.92 Å². The monoisotopic (exact) mass is 294 g/mol. The molecule has 0 unspecified atom stereocenters. The molecule has 2 N–H and O–H groups in total. The first-order valence-corrected chi connectivity index (χ1v) is 7.75. The normalized spacial score (nSPS) is 11.5. The van der Waals surface area contributed by atoms with Crippen molar-refractivity contribution in [2.24, 2.45) is 0 Å². The molecule has 0 atom stereocenters. The van der Waals surface area contributed by atoms with Crippen LogP contribution in [0.15, 0.2) is 41.6 Å². The van der Waals surface area contributed by atoms with E-state index in [0.29, 0.717) is 18.9 Å². The number of anilines is 1. The molecule has 0 fully saturated rings. The third-order valence-electron chi connectivity index (χ3n) is 2.91. The van der Waals surface area contributed by atoms with Gasteiger partial charge in [0.15, 0.2) is 5.03 Å². The molecule has 7 heteroatoms. The van der Waals surface area contributed by atoms with Gasteiger partial charge in [-0.2, -0.15) is 0 Å². The lowest BCUT2D eigenvalue weighted by molar-refractivity contribution is 0.578. The first kappa shape index (κ1) is 14.5. The Bertz CT molecular complexity index is 652. The lowest BCUT2D eigenvalue weighted by Gasteiger charge is -2.19. The van der Waals surface area contributed by atoms with Crippen LogP contribution in [-0.4, -0.2) is 38.5 Å². The van der Waals surface area contributed by atoms with Gasteiger partial charge in [-0.25, -0.2) is 18.1 Å². The van der Waals surface area contributed by atoms with E-state index in [1.807, 2.05) is 42.3 Å². The minimum atomic E-state index is -3.51. The standard InChI is InChI=1S/C13H18N4O2S/c1-11-14-10-13(16-11)20(18,19)15-8-9-17(2)12-6-4-3-5-7-12/h3-7,10,15H,8-9H2,1-2H3,(H,14,16). The van der Waals surface area contributed by atoms with Crippen molar-refractivity contribution in [3.05, 3.63) is 42.4 Å². The Morgan fingerprint density at radius 1 is 1.30 bits per heavy atom. The quantitative estimate of drug-likeness (QED) is 0.837. The van der Waals surface area contributed by atoms with Crippen molar-refractivity contribution in [2.75, 3.05) is 25.0 Å². The zero-order chi connectivity index (χ0) is 14.6. The van der Waals surface area contributed by atoms with Gasteiger partial charge in [0.2, 0.25) is 0 Å². The molecule has 0 aliphatic rings. The summed E-state index contributed by atoms with van der Waals surface area (Å²) >= 11 is 0. The van der Waals surface area contributed by atoms with E-state index in [4.69, 9.17) is 0 Å². The number of imidazole rings is 1. The largest absolute Gasteiger partial charge is 0.373 e. The number of nitrogens with zero attached hydrogens (tertiary/aromatic N) is 2. The van der Waals surface area contributed by atoms with Crippen molar-refractivity contribution >= 4 is 15.7 Å². The summed E-state index contributed by atoms with van der Waals surface area (Å²) in [5.74, 6) is 0.576. The average Bonchev–Trinajstić information content (AvgIpc) is 2.87. The van der Waals surface area contributed by atoms with E-state index in [2.05, 4.69) is 14.7 Å². The lowest BCUT2D eigenvalue weighted by Crippen LogP contribution is -2.33. The van der Waals surface area contributed by atoms with E-state index >= 15 is 0 Å². The molecule has 1 aromatic heterocycles. The number of aromatic amines is 1. The number of rotatable bonds is 6. The molecule has 20 heavy (non-hydrogen) atoms. The zero-order valence-corrected chi connectivity index (χ0v) is 12.3. The Hall–Kier alpha value is -1.86. The molecule has 1 heterocycles. The topological polar surface area (TPSA) is 78.1 Å². The minimum Gasteiger partial charge on any atom is -0.373 e. The van der Waals surface area contributed by atoms with Crippen molar-refractivity contribution in [2.45, 2.75) is 11.9 Å². The molecular weight excluding hydrogens is 276 g/mol. The van der Waals surface area contributed by atoms with Crippen molar-refractivity contribution in [1.82, 2.24) is 14.7 Å². The molecule has 1 aromatic carbocycles. The number of H-pyrrole nitrogens is 1. The van der Waals surface area contributed by atoms with Gasteiger partial charge in [0, 0.05) is 25.8 Å². The summed E-state index contributed by atoms with van der Waals surface area (Å²) in [5, 5.41) is 0.0948. The van der Waals surface area contributed by atoms with E-state index in [-0.39, 0.29) is 5.03 Å². The smallest absolute Gasteiger partial charge is 0.257 e. The van der Waals surface area contributed by atoms with Gasteiger partial charge in [-0.05, 0) is 19.1 Å². The van der Waals surface area contributed by atoms with Gasteiger partial charge in [0.25, 0.3) is 10.0 Å². The van der Waals surface area contributed by atoms with Gasteiger partial charge in [0.05, 0.1) is 6.20 Å². The molecule has 0 saturated carbocycles. The third kappa shape index (κ3) is 3.58. The number of sulfonamides is 1. The van der Waals surface area contributed by atoms with Gasteiger partial charge >= 0.3 is 0 Å². The van der Waals surface area contributed by atoms with Crippen molar-refractivity contribution < 1.29 is 8.42 Å². The number of aromatic nitrogens is 2. The fourth-order valence-electron chi connectivity index (χ4n) is 1.77. The maximum Gasteiger partial charge on any atom is 0.257 e. The number of benzene rings is 1. The highest BCUT2D eigenvalue weighted by molar-refractivity contribution is 7.89. The fourth-order valence-corrected chi connectivity index (χ4v) is 2.76. The van der Waals surface area contributed by atoms with E-state index < -0.39 is 10.0 Å². The molecular formula is C13H18N4O2S. The maximum atomic E-state index is 12.0. The van der Waals surface area contributed by atoms with E-state index in [1.165, 1.54) is 6.20 Å². The van der Waals surface area contributed by atoms with E-state index in [9.17, 15) is 8.42 Å². The molecule has 0 aliphatic carbocycles. The van der Waals surface area contributed by atoms with Gasteiger partial charge in [-0.1, -0.05) is 18.2 Å². The highest BCUT2D eigenvalue weighted by atomic mass is 32.2. The molecule has 0 amide bonds. The summed E-state index contributed by atoms with van der Waals surface area (Å²) in [6, 6.07) is 9.80. The Morgan fingerprint density at radius 3 is 2.60 bits per heavy atom. The number of hydrogen-bond donors (Lipinski definition) is 2. The third-order valence-corrected chi connectivity index (χ3v) is 4.28. The van der Waals surface area contributed by atoms with Gasteiger partial charge in [0.1, 0.15) is 5.82 Å². The van der Waals surface area contributed by atoms with Crippen LogP contribution in [0.3, 0.4) is 0 Å². The second-order valence-electron chi connectivity index (χ2n) is 4.49.